The number of carbonyl (C=O) groups excluding carboxylic acids is 2. The van der Waals surface area contributed by atoms with Crippen molar-refractivity contribution in [3.8, 4) is 0 Å². The van der Waals surface area contributed by atoms with Crippen molar-refractivity contribution in [1.29, 1.82) is 0 Å². The molecular weight excluding hydrogens is 424 g/mol. The molecule has 1 saturated heterocycles. The number of para-hydroxylation sites is 2. The summed E-state index contributed by atoms with van der Waals surface area (Å²) in [4.78, 5) is 33.1. The minimum Gasteiger partial charge on any atom is -0.382 e. The molecule has 32 heavy (non-hydrogen) atoms. The van der Waals surface area contributed by atoms with Crippen molar-refractivity contribution in [3.05, 3.63) is 48.5 Å². The Morgan fingerprint density at radius 1 is 1.22 bits per heavy atom. The van der Waals surface area contributed by atoms with Crippen LogP contribution in [0.15, 0.2) is 53.4 Å². The molecule has 1 aromatic heterocycles. The molecule has 168 valence electrons. The zero-order valence-corrected chi connectivity index (χ0v) is 19.2. The van der Waals surface area contributed by atoms with Gasteiger partial charge in [0.2, 0.25) is 17.8 Å². The van der Waals surface area contributed by atoms with Gasteiger partial charge in [-0.1, -0.05) is 12.1 Å². The van der Waals surface area contributed by atoms with Gasteiger partial charge in [-0.2, -0.15) is 0 Å². The zero-order valence-electron chi connectivity index (χ0n) is 18.4. The molecule has 1 unspecified atom stereocenters. The molecule has 7 nitrogen and oxygen atoms in total. The van der Waals surface area contributed by atoms with Crippen LogP contribution in [0.25, 0.3) is 11.0 Å². The number of aryl methyl sites for hydroxylation is 1. The van der Waals surface area contributed by atoms with Gasteiger partial charge in [-0.3, -0.25) is 14.9 Å². The molecule has 2 aromatic carbocycles. The van der Waals surface area contributed by atoms with Crippen LogP contribution in [0.4, 0.5) is 11.6 Å². The maximum absolute atomic E-state index is 13.1. The largest absolute Gasteiger partial charge is 0.382 e. The molecule has 0 saturated carbocycles. The fourth-order valence-corrected chi connectivity index (χ4v) is 4.38. The van der Waals surface area contributed by atoms with Crippen LogP contribution in [0.2, 0.25) is 0 Å². The third kappa shape index (κ3) is 4.81. The number of fused-ring (bicyclic) bond motifs is 1. The molecular formula is C24H28N4O3S. The van der Waals surface area contributed by atoms with Crippen LogP contribution < -0.4 is 10.2 Å². The minimum absolute atomic E-state index is 0.0349. The van der Waals surface area contributed by atoms with E-state index in [4.69, 9.17) is 4.74 Å². The van der Waals surface area contributed by atoms with Crippen LogP contribution in [-0.2, 0) is 20.9 Å². The molecule has 4 rings (SSSR count). The zero-order chi connectivity index (χ0) is 22.5. The lowest BCUT2D eigenvalue weighted by molar-refractivity contribution is -0.122. The highest BCUT2D eigenvalue weighted by Crippen LogP contribution is 2.28. The Hall–Kier alpha value is -2.84. The van der Waals surface area contributed by atoms with E-state index in [1.54, 1.807) is 16.7 Å². The summed E-state index contributed by atoms with van der Waals surface area (Å²) < 4.78 is 7.48. The van der Waals surface area contributed by atoms with E-state index in [1.807, 2.05) is 66.3 Å². The molecule has 0 radical (unpaired) electrons. The molecule has 0 bridgehead atoms. The number of hydrogen-bond acceptors (Lipinski definition) is 5. The first-order chi connectivity index (χ1) is 15.6. The van der Waals surface area contributed by atoms with Crippen LogP contribution in [0.3, 0.4) is 0 Å². The van der Waals surface area contributed by atoms with Gasteiger partial charge in [0.25, 0.3) is 0 Å². The topological polar surface area (TPSA) is 76.5 Å². The quantitative estimate of drug-likeness (QED) is 0.389. The molecule has 0 spiro atoms. The summed E-state index contributed by atoms with van der Waals surface area (Å²) in [6, 6.07) is 15.7. The number of rotatable bonds is 9. The average molecular weight is 453 g/mol. The summed E-state index contributed by atoms with van der Waals surface area (Å²) in [5.41, 5.74) is 2.63. The van der Waals surface area contributed by atoms with Crippen molar-refractivity contribution < 1.29 is 14.3 Å². The van der Waals surface area contributed by atoms with Crippen molar-refractivity contribution in [2.45, 2.75) is 31.2 Å². The second-order valence-corrected chi connectivity index (χ2v) is 8.60. The predicted octanol–water partition coefficient (Wildman–Crippen LogP) is 4.18. The molecule has 1 N–H and O–H groups in total. The van der Waals surface area contributed by atoms with Crippen molar-refractivity contribution >= 4 is 46.2 Å². The first-order valence-corrected chi connectivity index (χ1v) is 12.1. The van der Waals surface area contributed by atoms with Gasteiger partial charge in [0, 0.05) is 43.3 Å². The first kappa shape index (κ1) is 22.4. The number of ether oxygens (including phenoxy) is 1. The van der Waals surface area contributed by atoms with Gasteiger partial charge < -0.3 is 14.2 Å². The first-order valence-electron chi connectivity index (χ1n) is 10.9. The maximum Gasteiger partial charge on any atom is 0.232 e. The van der Waals surface area contributed by atoms with Gasteiger partial charge >= 0.3 is 0 Å². The number of carbonyl (C=O) groups is 2. The van der Waals surface area contributed by atoms with E-state index in [0.29, 0.717) is 32.3 Å². The molecule has 0 aliphatic carbocycles. The van der Waals surface area contributed by atoms with Gasteiger partial charge in [-0.15, -0.1) is 11.8 Å². The van der Waals surface area contributed by atoms with E-state index in [0.717, 1.165) is 28.0 Å². The van der Waals surface area contributed by atoms with E-state index in [-0.39, 0.29) is 18.2 Å². The second kappa shape index (κ2) is 10.2. The van der Waals surface area contributed by atoms with E-state index < -0.39 is 5.92 Å². The fraction of sp³-hybridized carbons (Fsp3) is 0.375. The lowest BCUT2D eigenvalue weighted by atomic mass is 10.1. The molecule has 2 amide bonds. The lowest BCUT2D eigenvalue weighted by Crippen LogP contribution is -2.29. The van der Waals surface area contributed by atoms with Crippen molar-refractivity contribution in [3.63, 3.8) is 0 Å². The molecule has 1 atom stereocenters. The number of thioether (sulfide) groups is 1. The van der Waals surface area contributed by atoms with Crippen LogP contribution in [0.5, 0.6) is 0 Å². The Bertz CT molecular complexity index is 1100. The van der Waals surface area contributed by atoms with Gasteiger partial charge in [-0.25, -0.2) is 4.98 Å². The second-order valence-electron chi connectivity index (χ2n) is 7.72. The SMILES string of the molecule is CCOCCCn1c(NC(=O)C2CC(=O)N(c3ccc(SC)cc3)C2)nc2ccccc21. The number of aromatic nitrogens is 2. The number of imidazole rings is 1. The summed E-state index contributed by atoms with van der Waals surface area (Å²) >= 11 is 1.65. The molecule has 1 fully saturated rings. The van der Waals surface area contributed by atoms with Crippen molar-refractivity contribution in [2.75, 3.05) is 36.2 Å². The van der Waals surface area contributed by atoms with Crippen LogP contribution in [0.1, 0.15) is 19.8 Å². The van der Waals surface area contributed by atoms with Gasteiger partial charge in [0.15, 0.2) is 0 Å². The van der Waals surface area contributed by atoms with E-state index >= 15 is 0 Å². The molecule has 3 aromatic rings. The summed E-state index contributed by atoms with van der Waals surface area (Å²) in [5, 5.41) is 2.98. The van der Waals surface area contributed by atoms with Gasteiger partial charge in [-0.05, 0) is 56.0 Å². The predicted molar refractivity (Wildman–Crippen MR) is 128 cm³/mol. The average Bonchev–Trinajstić information content (AvgIpc) is 3.37. The number of hydrogen-bond donors (Lipinski definition) is 1. The molecule has 2 heterocycles. The molecule has 1 aliphatic heterocycles. The van der Waals surface area contributed by atoms with Gasteiger partial charge in [0.1, 0.15) is 0 Å². The highest BCUT2D eigenvalue weighted by atomic mass is 32.2. The highest BCUT2D eigenvalue weighted by molar-refractivity contribution is 7.98. The van der Waals surface area contributed by atoms with Crippen molar-refractivity contribution in [2.24, 2.45) is 5.92 Å². The third-order valence-corrected chi connectivity index (χ3v) is 6.39. The normalized spacial score (nSPS) is 16.1. The standard InChI is InChI=1S/C24H28N4O3S/c1-3-31-14-6-13-27-21-8-5-4-7-20(21)25-24(27)26-23(30)17-15-22(29)28(16-17)18-9-11-19(32-2)12-10-18/h4-5,7-12,17H,3,6,13-16H2,1-2H3,(H,25,26,30). The fourth-order valence-electron chi connectivity index (χ4n) is 3.97. The Kier molecular flexibility index (Phi) is 7.12. The Balaban J connectivity index is 1.48. The number of anilines is 2. The molecule has 1 aliphatic rings. The third-order valence-electron chi connectivity index (χ3n) is 5.64. The summed E-state index contributed by atoms with van der Waals surface area (Å²) in [5.74, 6) is -0.113. The maximum atomic E-state index is 13.1. The van der Waals surface area contributed by atoms with E-state index in [9.17, 15) is 9.59 Å². The number of benzene rings is 2. The Morgan fingerprint density at radius 3 is 2.75 bits per heavy atom. The van der Waals surface area contributed by atoms with E-state index in [2.05, 4.69) is 10.3 Å². The highest BCUT2D eigenvalue weighted by Gasteiger charge is 2.35. The summed E-state index contributed by atoms with van der Waals surface area (Å²) in [7, 11) is 0. The van der Waals surface area contributed by atoms with Gasteiger partial charge in [0.05, 0.1) is 17.0 Å². The number of nitrogens with one attached hydrogen (secondary N) is 1. The van der Waals surface area contributed by atoms with E-state index in [1.165, 1.54) is 0 Å². The lowest BCUT2D eigenvalue weighted by Gasteiger charge is -2.17. The van der Waals surface area contributed by atoms with Crippen LogP contribution in [0, 0.1) is 5.92 Å². The smallest absolute Gasteiger partial charge is 0.232 e. The minimum atomic E-state index is -0.417. The number of nitrogens with zero attached hydrogens (tertiary/aromatic N) is 3. The Labute approximate surface area is 192 Å². The monoisotopic (exact) mass is 452 g/mol. The van der Waals surface area contributed by atoms with Crippen LogP contribution >= 0.6 is 11.8 Å². The summed E-state index contributed by atoms with van der Waals surface area (Å²) in [6.45, 7) is 4.36. The van der Waals surface area contributed by atoms with Crippen LogP contribution in [-0.4, -0.2) is 47.4 Å². The van der Waals surface area contributed by atoms with Crippen molar-refractivity contribution in [1.82, 2.24) is 9.55 Å². The molecule has 8 heteroatoms. The number of amides is 2. The summed E-state index contributed by atoms with van der Waals surface area (Å²) in [6.07, 6.45) is 3.03. The Morgan fingerprint density at radius 2 is 2.00 bits per heavy atom.